The Labute approximate surface area is 151 Å². The van der Waals surface area contributed by atoms with Gasteiger partial charge in [-0.15, -0.1) is 0 Å². The maximum Gasteiger partial charge on any atom is 0.330 e. The molecule has 0 aliphatic carbocycles. The second kappa shape index (κ2) is 7.15. The molecule has 0 saturated carbocycles. The minimum Gasteiger partial charge on any atom is -0.463 e. The molecule has 5 nitrogen and oxygen atoms in total. The highest BCUT2D eigenvalue weighted by molar-refractivity contribution is 6.31. The van der Waals surface area contributed by atoms with Crippen LogP contribution in [0.5, 0.6) is 0 Å². The topological polar surface area (TPSA) is 49.0 Å². The predicted octanol–water partition coefficient (Wildman–Crippen LogP) is 3.99. The fraction of sp³-hybridized carbons (Fsp3) is 0.263. The minimum atomic E-state index is -0.327. The first kappa shape index (κ1) is 17.3. The van der Waals surface area contributed by atoms with E-state index in [9.17, 15) is 4.79 Å². The molecular formula is C19H20ClN3O2. The minimum absolute atomic E-state index is 0.327. The maximum atomic E-state index is 11.5. The fourth-order valence-corrected chi connectivity index (χ4v) is 3.17. The molecule has 0 bridgehead atoms. The summed E-state index contributed by atoms with van der Waals surface area (Å²) in [4.78, 5) is 11.5. The molecule has 0 aliphatic rings. The molecular weight excluding hydrogens is 338 g/mol. The van der Waals surface area contributed by atoms with Crippen LogP contribution < -0.4 is 0 Å². The number of rotatable bonds is 5. The van der Waals surface area contributed by atoms with Gasteiger partial charge in [0, 0.05) is 35.3 Å². The number of aromatic nitrogens is 3. The van der Waals surface area contributed by atoms with Crippen LogP contribution in [0.2, 0.25) is 5.02 Å². The van der Waals surface area contributed by atoms with Gasteiger partial charge in [-0.3, -0.25) is 4.68 Å². The summed E-state index contributed by atoms with van der Waals surface area (Å²) in [5.74, 6) is 0.648. The molecule has 3 rings (SSSR count). The molecule has 1 aromatic carbocycles. The number of allylic oxidation sites excluding steroid dienone is 1. The third-order valence-corrected chi connectivity index (χ3v) is 4.29. The Kier molecular flexibility index (Phi) is 4.95. The Bertz CT molecular complexity index is 953. The van der Waals surface area contributed by atoms with Crippen LogP contribution in [0.4, 0.5) is 0 Å². The first-order valence-electron chi connectivity index (χ1n) is 8.14. The maximum absolute atomic E-state index is 11.5. The largest absolute Gasteiger partial charge is 0.463 e. The van der Waals surface area contributed by atoms with Crippen molar-refractivity contribution in [1.29, 1.82) is 0 Å². The zero-order chi connectivity index (χ0) is 18.0. The second-order valence-corrected chi connectivity index (χ2v) is 6.20. The fourth-order valence-electron chi connectivity index (χ4n) is 2.99. The van der Waals surface area contributed by atoms with Gasteiger partial charge in [-0.2, -0.15) is 5.10 Å². The number of carbonyl (C=O) groups is 1. The average Bonchev–Trinajstić information content (AvgIpc) is 3.08. The summed E-state index contributed by atoms with van der Waals surface area (Å²) < 4.78 is 8.88. The summed E-state index contributed by atoms with van der Waals surface area (Å²) >= 11 is 6.08. The number of ether oxygens (including phenoxy) is 1. The number of carbonyl (C=O) groups excluding carboxylic acids is 1. The van der Waals surface area contributed by atoms with E-state index in [0.29, 0.717) is 18.1 Å². The van der Waals surface area contributed by atoms with E-state index in [4.69, 9.17) is 16.3 Å². The van der Waals surface area contributed by atoms with Crippen molar-refractivity contribution in [3.8, 4) is 5.82 Å². The molecule has 0 unspecified atom stereocenters. The van der Waals surface area contributed by atoms with Crippen LogP contribution in [0.3, 0.4) is 0 Å². The highest BCUT2D eigenvalue weighted by Gasteiger charge is 2.16. The normalized spacial score (nSPS) is 11.5. The summed E-state index contributed by atoms with van der Waals surface area (Å²) in [5, 5.41) is 6.33. The van der Waals surface area contributed by atoms with E-state index in [0.717, 1.165) is 28.0 Å². The van der Waals surface area contributed by atoms with Crippen LogP contribution in [0.25, 0.3) is 16.7 Å². The zero-order valence-corrected chi connectivity index (χ0v) is 15.2. The molecule has 0 N–H and O–H groups in total. The molecule has 0 spiro atoms. The van der Waals surface area contributed by atoms with Gasteiger partial charge in [0.15, 0.2) is 0 Å². The molecule has 2 aromatic heterocycles. The van der Waals surface area contributed by atoms with E-state index in [-0.39, 0.29) is 5.97 Å². The Hall–Kier alpha value is -2.53. The average molecular weight is 358 g/mol. The molecule has 0 saturated heterocycles. The molecule has 0 amide bonds. The van der Waals surface area contributed by atoms with Crippen molar-refractivity contribution in [3.63, 3.8) is 0 Å². The number of benzene rings is 1. The van der Waals surface area contributed by atoms with Crippen molar-refractivity contribution in [2.45, 2.75) is 20.3 Å². The number of fused-ring (bicyclic) bond motifs is 1. The summed E-state index contributed by atoms with van der Waals surface area (Å²) in [6.07, 6.45) is 5.89. The predicted molar refractivity (Wildman–Crippen MR) is 99.3 cm³/mol. The summed E-state index contributed by atoms with van der Waals surface area (Å²) in [7, 11) is 1.92. The van der Waals surface area contributed by atoms with Crippen LogP contribution in [0.1, 0.15) is 18.2 Å². The molecule has 2 heterocycles. The Morgan fingerprint density at radius 3 is 2.92 bits per heavy atom. The van der Waals surface area contributed by atoms with Crippen LogP contribution >= 0.6 is 11.6 Å². The van der Waals surface area contributed by atoms with Crippen molar-refractivity contribution >= 4 is 28.5 Å². The lowest BCUT2D eigenvalue weighted by molar-refractivity contribution is -0.137. The quantitative estimate of drug-likeness (QED) is 0.512. The number of hydrogen-bond acceptors (Lipinski definition) is 3. The van der Waals surface area contributed by atoms with Crippen LogP contribution in [-0.2, 0) is 23.0 Å². The van der Waals surface area contributed by atoms with E-state index >= 15 is 0 Å². The van der Waals surface area contributed by atoms with Crippen molar-refractivity contribution in [2.24, 2.45) is 7.05 Å². The smallest absolute Gasteiger partial charge is 0.330 e. The highest BCUT2D eigenvalue weighted by Crippen LogP contribution is 2.26. The van der Waals surface area contributed by atoms with Gasteiger partial charge < -0.3 is 9.30 Å². The van der Waals surface area contributed by atoms with Gasteiger partial charge in [0.2, 0.25) is 0 Å². The van der Waals surface area contributed by atoms with Crippen molar-refractivity contribution in [3.05, 3.63) is 58.9 Å². The summed E-state index contributed by atoms with van der Waals surface area (Å²) in [5.41, 5.74) is 3.06. The van der Waals surface area contributed by atoms with Gasteiger partial charge in [0.1, 0.15) is 5.82 Å². The molecule has 0 aliphatic heterocycles. The lowest BCUT2D eigenvalue weighted by Gasteiger charge is -2.09. The first-order valence-corrected chi connectivity index (χ1v) is 8.51. The van der Waals surface area contributed by atoms with E-state index < -0.39 is 0 Å². The van der Waals surface area contributed by atoms with Crippen molar-refractivity contribution in [1.82, 2.24) is 14.3 Å². The summed E-state index contributed by atoms with van der Waals surface area (Å²) in [6.45, 7) is 4.14. The van der Waals surface area contributed by atoms with Gasteiger partial charge in [-0.05, 0) is 44.5 Å². The third-order valence-electron chi connectivity index (χ3n) is 4.06. The lowest BCUT2D eigenvalue weighted by Crippen LogP contribution is -2.04. The van der Waals surface area contributed by atoms with Crippen molar-refractivity contribution in [2.75, 3.05) is 6.61 Å². The number of aryl methyl sites for hydroxylation is 2. The Morgan fingerprint density at radius 1 is 1.36 bits per heavy atom. The molecule has 0 fully saturated rings. The molecule has 0 radical (unpaired) electrons. The summed E-state index contributed by atoms with van der Waals surface area (Å²) in [6, 6.07) is 7.85. The van der Waals surface area contributed by atoms with Gasteiger partial charge in [0.05, 0.1) is 17.8 Å². The number of hydrogen-bond donors (Lipinski definition) is 0. The monoisotopic (exact) mass is 357 g/mol. The zero-order valence-electron chi connectivity index (χ0n) is 14.5. The molecule has 25 heavy (non-hydrogen) atoms. The van der Waals surface area contributed by atoms with Gasteiger partial charge in [0.25, 0.3) is 0 Å². The Balaban J connectivity index is 2.00. The van der Waals surface area contributed by atoms with Crippen molar-refractivity contribution < 1.29 is 9.53 Å². The van der Waals surface area contributed by atoms with E-state index in [1.54, 1.807) is 6.92 Å². The van der Waals surface area contributed by atoms with Crippen LogP contribution in [-0.4, -0.2) is 26.9 Å². The second-order valence-electron chi connectivity index (χ2n) is 5.76. The SMILES string of the molecule is CCOC(=O)/C=C/Cc1c(C)nn(C)c1-n1ccc2cc(Cl)ccc21. The van der Waals surface area contributed by atoms with E-state index in [1.807, 2.05) is 55.2 Å². The van der Waals surface area contributed by atoms with Crippen LogP contribution in [0.15, 0.2) is 42.6 Å². The van der Waals surface area contributed by atoms with E-state index in [2.05, 4.69) is 9.67 Å². The number of halogens is 1. The van der Waals surface area contributed by atoms with Gasteiger partial charge >= 0.3 is 5.97 Å². The molecule has 3 aromatic rings. The third kappa shape index (κ3) is 3.46. The van der Waals surface area contributed by atoms with Gasteiger partial charge in [-0.1, -0.05) is 17.7 Å². The standard InChI is InChI=1S/C19H20ClN3O2/c1-4-25-18(24)7-5-6-16-13(2)21-22(3)19(16)23-11-10-14-12-15(20)8-9-17(14)23/h5,7-12H,4,6H2,1-3H3/b7-5+. The highest BCUT2D eigenvalue weighted by atomic mass is 35.5. The van der Waals surface area contributed by atoms with Gasteiger partial charge in [-0.25, -0.2) is 4.79 Å². The molecule has 6 heteroatoms. The Morgan fingerprint density at radius 2 is 2.16 bits per heavy atom. The first-order chi connectivity index (χ1) is 12.0. The van der Waals surface area contributed by atoms with E-state index in [1.165, 1.54) is 6.08 Å². The lowest BCUT2D eigenvalue weighted by atomic mass is 10.1. The molecule has 130 valence electrons. The number of esters is 1. The number of nitrogens with zero attached hydrogens (tertiary/aromatic N) is 3. The van der Waals surface area contributed by atoms with Crippen LogP contribution in [0, 0.1) is 6.92 Å². The molecule has 0 atom stereocenters.